The van der Waals surface area contributed by atoms with Gasteiger partial charge < -0.3 is 0 Å². The summed E-state index contributed by atoms with van der Waals surface area (Å²) >= 11 is 1.76. The average Bonchev–Trinajstić information content (AvgIpc) is 3.57. The Balaban J connectivity index is 0.000000232. The standard InChI is InChI=1S/C32H24.C12H14S/c1-23-16-18-24(19-17-23)25-20-21-29-28-14-8-9-15-30(28)32(31(29)22-25,26-10-4-2-5-11-26)27-12-6-3-7-13-27;1-5-8-12-10(6-2)9(4)11(7-3)13-12/h2-22H,1H3;5-8H,2-3H2,1,4H3/b;8-5-. The molecule has 5 aromatic carbocycles. The SMILES string of the molecule is C=Cc1sc(/C=C\C)c(C=C)c1C.Cc1ccc(-c2ccc3c(c2)C(c2ccccc2)(c2ccccc2)c2ccccc2-3)cc1. The normalized spacial score (nSPS) is 12.6. The summed E-state index contributed by atoms with van der Waals surface area (Å²) in [7, 11) is 0. The van der Waals surface area contributed by atoms with Gasteiger partial charge in [-0.2, -0.15) is 0 Å². The Kier molecular flexibility index (Phi) is 8.65. The van der Waals surface area contributed by atoms with Gasteiger partial charge in [-0.15, -0.1) is 11.3 Å². The maximum Gasteiger partial charge on any atom is 0.0713 e. The molecule has 0 bridgehead atoms. The molecular weight excluding hydrogens is 561 g/mol. The number of aryl methyl sites for hydroxylation is 1. The van der Waals surface area contributed by atoms with Crippen molar-refractivity contribution < 1.29 is 0 Å². The summed E-state index contributed by atoms with van der Waals surface area (Å²) in [4.78, 5) is 2.51. The van der Waals surface area contributed by atoms with Gasteiger partial charge in [-0.05, 0) is 88.5 Å². The van der Waals surface area contributed by atoms with Gasteiger partial charge in [0.2, 0.25) is 0 Å². The van der Waals surface area contributed by atoms with E-state index in [0.717, 1.165) is 0 Å². The van der Waals surface area contributed by atoms with Gasteiger partial charge in [0.1, 0.15) is 0 Å². The number of allylic oxidation sites excluding steroid dienone is 1. The van der Waals surface area contributed by atoms with Crippen molar-refractivity contribution in [3.63, 3.8) is 0 Å². The van der Waals surface area contributed by atoms with Crippen LogP contribution in [0.4, 0.5) is 0 Å². The highest BCUT2D eigenvalue weighted by molar-refractivity contribution is 7.14. The first-order valence-electron chi connectivity index (χ1n) is 15.5. The highest BCUT2D eigenvalue weighted by Gasteiger charge is 2.45. The summed E-state index contributed by atoms with van der Waals surface area (Å²) in [5.74, 6) is 0. The molecule has 45 heavy (non-hydrogen) atoms. The third-order valence-corrected chi connectivity index (χ3v) is 10.1. The first kappa shape index (κ1) is 30.1. The monoisotopic (exact) mass is 598 g/mol. The Bertz CT molecular complexity index is 1950. The van der Waals surface area contributed by atoms with Gasteiger partial charge in [0, 0.05) is 9.75 Å². The topological polar surface area (TPSA) is 0 Å². The third-order valence-electron chi connectivity index (χ3n) is 8.81. The van der Waals surface area contributed by atoms with E-state index in [1.54, 1.807) is 11.3 Å². The van der Waals surface area contributed by atoms with Crippen molar-refractivity contribution in [1.82, 2.24) is 0 Å². The van der Waals surface area contributed by atoms with Crippen molar-refractivity contribution in [3.05, 3.63) is 195 Å². The lowest BCUT2D eigenvalue weighted by atomic mass is 9.67. The fourth-order valence-electron chi connectivity index (χ4n) is 6.66. The molecule has 1 heterocycles. The second kappa shape index (κ2) is 12.9. The Morgan fingerprint density at radius 2 is 1.16 bits per heavy atom. The summed E-state index contributed by atoms with van der Waals surface area (Å²) in [6, 6.07) is 46.7. The smallest absolute Gasteiger partial charge is 0.0713 e. The van der Waals surface area contributed by atoms with E-state index in [1.807, 2.05) is 25.2 Å². The second-order valence-corrected chi connectivity index (χ2v) is 12.5. The predicted molar refractivity (Wildman–Crippen MR) is 198 cm³/mol. The van der Waals surface area contributed by atoms with Crippen molar-refractivity contribution in [1.29, 1.82) is 0 Å². The van der Waals surface area contributed by atoms with E-state index < -0.39 is 0 Å². The third kappa shape index (κ3) is 5.35. The van der Waals surface area contributed by atoms with Crippen LogP contribution < -0.4 is 0 Å². The summed E-state index contributed by atoms with van der Waals surface area (Å²) in [5.41, 5.74) is 13.9. The number of fused-ring (bicyclic) bond motifs is 3. The van der Waals surface area contributed by atoms with Crippen LogP contribution in [0.1, 0.15) is 55.6 Å². The van der Waals surface area contributed by atoms with Crippen LogP contribution in [-0.2, 0) is 5.41 Å². The summed E-state index contributed by atoms with van der Waals surface area (Å²) in [6.07, 6.45) is 7.97. The highest BCUT2D eigenvalue weighted by Crippen LogP contribution is 2.56. The molecule has 0 unspecified atom stereocenters. The van der Waals surface area contributed by atoms with E-state index in [1.165, 1.54) is 71.0 Å². The minimum Gasteiger partial charge on any atom is -0.136 e. The molecule has 0 aliphatic heterocycles. The molecule has 0 saturated heterocycles. The molecule has 0 spiro atoms. The van der Waals surface area contributed by atoms with Gasteiger partial charge in [0.15, 0.2) is 0 Å². The van der Waals surface area contributed by atoms with Crippen LogP contribution in [0.5, 0.6) is 0 Å². The molecule has 220 valence electrons. The first-order chi connectivity index (χ1) is 22.0. The Morgan fingerprint density at radius 1 is 0.578 bits per heavy atom. The quantitative estimate of drug-likeness (QED) is 0.179. The molecule has 0 nitrogen and oxygen atoms in total. The second-order valence-electron chi connectivity index (χ2n) is 11.4. The van der Waals surface area contributed by atoms with E-state index in [0.29, 0.717) is 0 Å². The van der Waals surface area contributed by atoms with Crippen LogP contribution in [0, 0.1) is 13.8 Å². The molecule has 7 rings (SSSR count). The van der Waals surface area contributed by atoms with Crippen LogP contribution in [-0.4, -0.2) is 0 Å². The maximum absolute atomic E-state index is 3.82. The van der Waals surface area contributed by atoms with E-state index in [9.17, 15) is 0 Å². The molecule has 0 atom stereocenters. The number of thiophene rings is 1. The van der Waals surface area contributed by atoms with Gasteiger partial charge in [-0.1, -0.05) is 158 Å². The molecule has 0 fully saturated rings. The molecule has 6 aromatic rings. The Hall–Kier alpha value is -4.98. The minimum atomic E-state index is -0.338. The van der Waals surface area contributed by atoms with Crippen molar-refractivity contribution in [3.8, 4) is 22.3 Å². The largest absolute Gasteiger partial charge is 0.136 e. The van der Waals surface area contributed by atoms with Gasteiger partial charge in [0.25, 0.3) is 0 Å². The van der Waals surface area contributed by atoms with Gasteiger partial charge in [-0.3, -0.25) is 0 Å². The van der Waals surface area contributed by atoms with Crippen molar-refractivity contribution >= 4 is 29.6 Å². The summed E-state index contributed by atoms with van der Waals surface area (Å²) < 4.78 is 0. The number of hydrogen-bond acceptors (Lipinski definition) is 1. The van der Waals surface area contributed by atoms with Gasteiger partial charge in [-0.25, -0.2) is 0 Å². The number of benzene rings is 5. The zero-order chi connectivity index (χ0) is 31.4. The molecule has 0 radical (unpaired) electrons. The zero-order valence-electron chi connectivity index (χ0n) is 26.3. The van der Waals surface area contributed by atoms with E-state index in [-0.39, 0.29) is 5.41 Å². The molecule has 1 aromatic heterocycles. The summed E-state index contributed by atoms with van der Waals surface area (Å²) in [6.45, 7) is 13.9. The van der Waals surface area contributed by atoms with Crippen LogP contribution in [0.2, 0.25) is 0 Å². The van der Waals surface area contributed by atoms with E-state index in [4.69, 9.17) is 0 Å². The number of hydrogen-bond donors (Lipinski definition) is 0. The lowest BCUT2D eigenvalue weighted by Crippen LogP contribution is -2.28. The van der Waals surface area contributed by atoms with E-state index >= 15 is 0 Å². The van der Waals surface area contributed by atoms with Crippen molar-refractivity contribution in [2.45, 2.75) is 26.2 Å². The zero-order valence-corrected chi connectivity index (χ0v) is 27.1. The fourth-order valence-corrected chi connectivity index (χ4v) is 7.79. The predicted octanol–water partition coefficient (Wildman–Crippen LogP) is 12.4. The highest BCUT2D eigenvalue weighted by atomic mass is 32.1. The van der Waals surface area contributed by atoms with Crippen LogP contribution >= 0.6 is 11.3 Å². The summed E-state index contributed by atoms with van der Waals surface area (Å²) in [5, 5.41) is 0. The molecular formula is C44H38S. The van der Waals surface area contributed by atoms with Crippen molar-refractivity contribution in [2.75, 3.05) is 0 Å². The van der Waals surface area contributed by atoms with Crippen molar-refractivity contribution in [2.24, 2.45) is 0 Å². The molecule has 1 heteroatoms. The van der Waals surface area contributed by atoms with Gasteiger partial charge in [0.05, 0.1) is 5.41 Å². The molecule has 0 saturated carbocycles. The van der Waals surface area contributed by atoms with Crippen LogP contribution in [0.3, 0.4) is 0 Å². The van der Waals surface area contributed by atoms with Crippen LogP contribution in [0.15, 0.2) is 147 Å². The minimum absolute atomic E-state index is 0.338. The Morgan fingerprint density at radius 3 is 1.76 bits per heavy atom. The molecule has 0 N–H and O–H groups in total. The fraction of sp³-hybridized carbons (Fsp3) is 0.0909. The van der Waals surface area contributed by atoms with Gasteiger partial charge >= 0.3 is 0 Å². The van der Waals surface area contributed by atoms with E-state index in [2.05, 4.69) is 160 Å². The lowest BCUT2D eigenvalue weighted by molar-refractivity contribution is 0.769. The lowest BCUT2D eigenvalue weighted by Gasteiger charge is -2.34. The Labute approximate surface area is 272 Å². The number of rotatable bonds is 6. The molecule has 0 amide bonds. The average molecular weight is 599 g/mol. The first-order valence-corrected chi connectivity index (χ1v) is 16.3. The molecule has 1 aliphatic rings. The molecule has 1 aliphatic carbocycles. The maximum atomic E-state index is 3.82. The van der Waals surface area contributed by atoms with Crippen LogP contribution in [0.25, 0.3) is 40.5 Å².